The molecule has 0 aliphatic carbocycles. The molecule has 17 heavy (non-hydrogen) atoms. The van der Waals surface area contributed by atoms with Crippen LogP contribution in [0.15, 0.2) is 0 Å². The zero-order valence-corrected chi connectivity index (χ0v) is 7.55. The molecule has 0 aromatic carbocycles. The minimum atomic E-state index is -2.08. The molecule has 96 valence electrons. The van der Waals surface area contributed by atoms with Crippen molar-refractivity contribution >= 4 is 24.6 Å². The van der Waals surface area contributed by atoms with Crippen LogP contribution in [0.4, 0.5) is 19.2 Å². The summed E-state index contributed by atoms with van der Waals surface area (Å²) in [7, 11) is 0. The van der Waals surface area contributed by atoms with Crippen LogP contribution in [0.2, 0.25) is 0 Å². The molecule has 0 bridgehead atoms. The number of hydrogen-bond acceptors (Lipinski definition) is 8. The number of rotatable bonds is 0. The summed E-state index contributed by atoms with van der Waals surface area (Å²) in [5.41, 5.74) is 0. The molecule has 12 nitrogen and oxygen atoms in total. The molecular weight excluding hydrogens is 252 g/mol. The summed E-state index contributed by atoms with van der Waals surface area (Å²) in [6.07, 6.45) is -8.33. The van der Waals surface area contributed by atoms with Gasteiger partial charge in [-0.3, -0.25) is 0 Å². The van der Waals surface area contributed by atoms with Crippen molar-refractivity contribution in [1.82, 2.24) is 0 Å². The normalized spacial score (nSPS) is 5.65. The summed E-state index contributed by atoms with van der Waals surface area (Å²) in [6, 6.07) is 0. The van der Waals surface area contributed by atoms with Gasteiger partial charge in [-0.05, 0) is 0 Å². The Morgan fingerprint density at radius 1 is 0.529 bits per heavy atom. The topological polar surface area (TPSA) is 241 Å². The van der Waals surface area contributed by atoms with Gasteiger partial charge < -0.3 is 60.0 Å². The van der Waals surface area contributed by atoms with E-state index in [0.29, 0.717) is 0 Å². The molecule has 0 atom stereocenters. The Morgan fingerprint density at radius 3 is 0.529 bits per heavy atom. The van der Waals surface area contributed by atoms with Crippen LogP contribution in [-0.2, 0) is 0 Å². The largest absolute Gasteiger partial charge is 4.00 e. The maximum atomic E-state index is 8.44. The Labute approximate surface area is 93.2 Å². The zero-order chi connectivity index (χ0) is 14.3. The van der Waals surface area contributed by atoms with Crippen LogP contribution in [0.25, 0.3) is 0 Å². The van der Waals surface area contributed by atoms with Crippen molar-refractivity contribution in [1.29, 1.82) is 0 Å². The average molecular weight is 256 g/mol. The van der Waals surface area contributed by atoms with Crippen molar-refractivity contribution in [3.05, 3.63) is 7.43 Å². The molecule has 0 unspecified atom stereocenters. The molecule has 4 N–H and O–H groups in total. The van der Waals surface area contributed by atoms with Crippen molar-refractivity contribution in [2.45, 2.75) is 0 Å². The predicted octanol–water partition coefficient (Wildman–Crippen LogP) is -4.37. The second kappa shape index (κ2) is 23.2. The molecule has 0 spiro atoms. The average Bonchev–Trinajstić information content (AvgIpc) is 1.76. The van der Waals surface area contributed by atoms with Crippen molar-refractivity contribution in [2.75, 3.05) is 0 Å². The van der Waals surface area contributed by atoms with E-state index in [4.69, 9.17) is 60.0 Å². The fraction of sp³-hybridized carbons (Fsp3) is 0. The van der Waals surface area contributed by atoms with E-state index >= 15 is 0 Å². The van der Waals surface area contributed by atoms with E-state index in [-0.39, 0.29) is 7.43 Å². The third-order valence-electron chi connectivity index (χ3n) is 0. The maximum absolute atomic E-state index is 8.44. The van der Waals surface area contributed by atoms with Crippen molar-refractivity contribution < 1.29 is 60.0 Å². The van der Waals surface area contributed by atoms with E-state index in [2.05, 4.69) is 0 Å². The fourth-order valence-electron chi connectivity index (χ4n) is 0. The van der Waals surface area contributed by atoms with E-state index in [9.17, 15) is 0 Å². The molecule has 0 rings (SSSR count). The van der Waals surface area contributed by atoms with Crippen molar-refractivity contribution in [3.8, 4) is 0 Å². The van der Waals surface area contributed by atoms with Crippen molar-refractivity contribution in [3.63, 3.8) is 0 Å². The molecule has 0 aliphatic heterocycles. The maximum Gasteiger partial charge on any atom is 4.00 e. The molecule has 0 aromatic heterocycles. The molecule has 0 fully saturated rings. The van der Waals surface area contributed by atoms with Gasteiger partial charge in [-0.2, -0.15) is 0 Å². The number of hydrogen-bond donors (Lipinski definition) is 4. The number of carbonyl (C=O) groups is 4. The zero-order valence-electron chi connectivity index (χ0n) is 7.55. The van der Waals surface area contributed by atoms with E-state index in [1.165, 1.54) is 0 Å². The summed E-state index contributed by atoms with van der Waals surface area (Å²) in [5.74, 6) is 0. The third-order valence-corrected chi connectivity index (χ3v) is 0. The Bertz CT molecular complexity index is 155. The summed E-state index contributed by atoms with van der Waals surface area (Å²) in [5, 5.41) is 61.2. The van der Waals surface area contributed by atoms with Crippen molar-refractivity contribution in [2.24, 2.45) is 0 Å². The first-order chi connectivity index (χ1) is 6.93. The smallest absolute Gasteiger partial charge is 0.565 e. The first kappa shape index (κ1) is 29.2. The van der Waals surface area contributed by atoms with Gasteiger partial charge in [0.15, 0.2) is 0 Å². The molecule has 0 amide bonds. The van der Waals surface area contributed by atoms with Gasteiger partial charge in [0.05, 0.1) is 0 Å². The summed E-state index contributed by atoms with van der Waals surface area (Å²) >= 11 is 0. The quantitative estimate of drug-likeness (QED) is 0.321. The number of carboxylic acid groups (broad SMARTS) is 8. The fourth-order valence-corrected chi connectivity index (χ4v) is 0. The third kappa shape index (κ3) is 188. The van der Waals surface area contributed by atoms with E-state index in [1.54, 1.807) is 0 Å². The molecular formula is C5H4O12. The molecule has 0 aromatic rings. The van der Waals surface area contributed by atoms with Gasteiger partial charge in [0.25, 0.3) is 0 Å². The van der Waals surface area contributed by atoms with Gasteiger partial charge in [-0.1, -0.05) is 0 Å². The van der Waals surface area contributed by atoms with Gasteiger partial charge in [0.1, 0.15) is 0 Å². The van der Waals surface area contributed by atoms with Crippen LogP contribution < -0.4 is 20.4 Å². The summed E-state index contributed by atoms with van der Waals surface area (Å²) < 4.78 is 0. The SMILES string of the molecule is O=C([O-])O.O=C([O-])O.O=C([O-])O.O=C([O-])O.[C+4]. The minimum Gasteiger partial charge on any atom is -0.565 e. The summed E-state index contributed by atoms with van der Waals surface area (Å²) in [4.78, 5) is 33.8. The summed E-state index contributed by atoms with van der Waals surface area (Å²) in [6.45, 7) is 0. The monoisotopic (exact) mass is 256 g/mol. The minimum absolute atomic E-state index is 0. The first-order valence-corrected chi connectivity index (χ1v) is 2.53. The van der Waals surface area contributed by atoms with Gasteiger partial charge >= 0.3 is 7.43 Å². The van der Waals surface area contributed by atoms with Gasteiger partial charge in [-0.25, -0.2) is 0 Å². The predicted molar refractivity (Wildman–Crippen MR) is 35.3 cm³/mol. The van der Waals surface area contributed by atoms with Crippen LogP contribution >= 0.6 is 0 Å². The Morgan fingerprint density at radius 2 is 0.529 bits per heavy atom. The van der Waals surface area contributed by atoms with Crippen LogP contribution in [0, 0.1) is 7.43 Å². The van der Waals surface area contributed by atoms with E-state index in [0.717, 1.165) is 0 Å². The Kier molecular flexibility index (Phi) is 39.8. The second-order valence-electron chi connectivity index (χ2n) is 1.06. The van der Waals surface area contributed by atoms with Crippen LogP contribution in [-0.4, -0.2) is 45.0 Å². The van der Waals surface area contributed by atoms with E-state index in [1.807, 2.05) is 0 Å². The second-order valence-corrected chi connectivity index (χ2v) is 1.06. The molecule has 0 heterocycles. The first-order valence-electron chi connectivity index (χ1n) is 2.53. The standard InChI is InChI=1S/4CH2O3.C/c4*2-1(3)4;/h4*(H2,2,3,4);/q;;;;+4/p-4. The molecule has 0 aliphatic rings. The van der Waals surface area contributed by atoms with Crippen LogP contribution in [0.3, 0.4) is 0 Å². The van der Waals surface area contributed by atoms with Crippen LogP contribution in [0.5, 0.6) is 0 Å². The Balaban J connectivity index is -0.0000000369. The molecule has 12 heteroatoms. The van der Waals surface area contributed by atoms with Gasteiger partial charge in [-0.15, -0.1) is 0 Å². The van der Waals surface area contributed by atoms with Gasteiger partial charge in [0.2, 0.25) is 24.6 Å². The van der Waals surface area contributed by atoms with Crippen LogP contribution in [0.1, 0.15) is 0 Å². The van der Waals surface area contributed by atoms with Gasteiger partial charge in [0, 0.05) is 0 Å². The molecule has 0 saturated carbocycles. The van der Waals surface area contributed by atoms with E-state index < -0.39 is 24.6 Å². The Hall–Kier alpha value is -2.92. The molecule has 0 saturated heterocycles. The molecule has 0 radical (unpaired) electrons.